The van der Waals surface area contributed by atoms with Crippen molar-refractivity contribution in [1.82, 2.24) is 25.4 Å². The van der Waals surface area contributed by atoms with Crippen LogP contribution in [-0.4, -0.2) is 62.9 Å². The zero-order valence-corrected chi connectivity index (χ0v) is 19.9. The number of halogens is 1. The van der Waals surface area contributed by atoms with Gasteiger partial charge in [0.1, 0.15) is 17.7 Å². The number of aromatic nitrogens is 4. The lowest BCUT2D eigenvalue weighted by atomic mass is 10.1. The second-order valence-electron chi connectivity index (χ2n) is 8.21. The SMILES string of the molecule is CN(Cc1cc2nc(N3CCOC(c4cc(O)ccc4F)C3)ncc2s1)c1ncc(C(=O)NO)cn1. The standard InChI is InChI=1S/C23H22FN7O4S/c1-30(22-25-8-13(9-26-22)21(33)29-34)11-15-7-18-20(36-15)10-27-23(28-18)31-4-5-35-19(12-31)16-6-14(32)2-3-17(16)24/h2-3,6-10,19,32,34H,4-5,11-12H2,1H3,(H,29,33). The molecule has 5 rings (SSSR count). The van der Waals surface area contributed by atoms with Gasteiger partial charge in [0.05, 0.1) is 41.7 Å². The van der Waals surface area contributed by atoms with Gasteiger partial charge < -0.3 is 19.6 Å². The third-order valence-electron chi connectivity index (χ3n) is 5.72. The Hall–Kier alpha value is -3.94. The molecule has 1 saturated heterocycles. The molecule has 1 aliphatic rings. The fourth-order valence-corrected chi connectivity index (χ4v) is 4.94. The van der Waals surface area contributed by atoms with Gasteiger partial charge in [-0.15, -0.1) is 11.3 Å². The molecule has 0 aliphatic carbocycles. The number of nitrogens with one attached hydrogen (secondary N) is 1. The lowest BCUT2D eigenvalue weighted by molar-refractivity contribution is 0.0368. The highest BCUT2D eigenvalue weighted by molar-refractivity contribution is 7.19. The first-order valence-corrected chi connectivity index (χ1v) is 11.8. The molecular weight excluding hydrogens is 489 g/mol. The molecule has 1 amide bonds. The van der Waals surface area contributed by atoms with Crippen molar-refractivity contribution >= 4 is 39.4 Å². The number of aromatic hydroxyl groups is 1. The fourth-order valence-electron chi connectivity index (χ4n) is 3.91. The molecule has 1 aromatic carbocycles. The highest BCUT2D eigenvalue weighted by Crippen LogP contribution is 2.31. The summed E-state index contributed by atoms with van der Waals surface area (Å²) in [6, 6.07) is 5.89. The van der Waals surface area contributed by atoms with E-state index in [-0.39, 0.29) is 11.3 Å². The number of amides is 1. The van der Waals surface area contributed by atoms with Gasteiger partial charge >= 0.3 is 0 Å². The maximum absolute atomic E-state index is 14.3. The molecule has 3 aromatic heterocycles. The normalized spacial score (nSPS) is 15.8. The summed E-state index contributed by atoms with van der Waals surface area (Å²) in [7, 11) is 1.83. The molecule has 0 radical (unpaired) electrons. The van der Waals surface area contributed by atoms with E-state index in [2.05, 4.69) is 15.0 Å². The Kier molecular flexibility index (Phi) is 6.59. The topological polar surface area (TPSA) is 137 Å². The molecule has 0 saturated carbocycles. The average Bonchev–Trinajstić information content (AvgIpc) is 3.31. The maximum Gasteiger partial charge on any atom is 0.277 e. The molecule has 4 aromatic rings. The van der Waals surface area contributed by atoms with Crippen molar-refractivity contribution in [1.29, 1.82) is 0 Å². The Balaban J connectivity index is 1.30. The van der Waals surface area contributed by atoms with E-state index in [1.165, 1.54) is 30.6 Å². The van der Waals surface area contributed by atoms with Crippen molar-refractivity contribution < 1.29 is 24.2 Å². The highest BCUT2D eigenvalue weighted by Gasteiger charge is 2.26. The molecule has 0 bridgehead atoms. The van der Waals surface area contributed by atoms with Crippen molar-refractivity contribution in [3.05, 3.63) is 64.7 Å². The van der Waals surface area contributed by atoms with E-state index in [0.29, 0.717) is 43.7 Å². The minimum Gasteiger partial charge on any atom is -0.508 e. The van der Waals surface area contributed by atoms with E-state index in [4.69, 9.17) is 14.9 Å². The number of carbonyl (C=O) groups excluding carboxylic acids is 1. The number of nitrogens with zero attached hydrogens (tertiary/aromatic N) is 6. The van der Waals surface area contributed by atoms with Gasteiger partial charge in [-0.2, -0.15) is 0 Å². The number of benzene rings is 1. The first kappa shape index (κ1) is 23.8. The summed E-state index contributed by atoms with van der Waals surface area (Å²) in [5, 5.41) is 18.5. The summed E-state index contributed by atoms with van der Waals surface area (Å²) in [6.07, 6.45) is 3.90. The van der Waals surface area contributed by atoms with Crippen LogP contribution in [0.3, 0.4) is 0 Å². The van der Waals surface area contributed by atoms with Gasteiger partial charge in [0, 0.05) is 36.4 Å². The summed E-state index contributed by atoms with van der Waals surface area (Å²) in [5.74, 6) is -0.181. The first-order valence-electron chi connectivity index (χ1n) is 11.0. The lowest BCUT2D eigenvalue weighted by Gasteiger charge is -2.33. The monoisotopic (exact) mass is 511 g/mol. The largest absolute Gasteiger partial charge is 0.508 e. The molecule has 36 heavy (non-hydrogen) atoms. The van der Waals surface area contributed by atoms with Crippen LogP contribution in [0.25, 0.3) is 10.2 Å². The number of carbonyl (C=O) groups is 1. The molecule has 13 heteroatoms. The average molecular weight is 512 g/mol. The van der Waals surface area contributed by atoms with Crippen LogP contribution in [0, 0.1) is 5.82 Å². The molecular formula is C23H22FN7O4S. The van der Waals surface area contributed by atoms with Crippen molar-refractivity contribution in [3.63, 3.8) is 0 Å². The predicted octanol–water partition coefficient (Wildman–Crippen LogP) is 2.66. The van der Waals surface area contributed by atoms with Gasteiger partial charge in [0.25, 0.3) is 5.91 Å². The third-order valence-corrected chi connectivity index (χ3v) is 6.76. The van der Waals surface area contributed by atoms with Gasteiger partial charge in [0.2, 0.25) is 11.9 Å². The number of thiophene rings is 1. The van der Waals surface area contributed by atoms with Crippen molar-refractivity contribution in [3.8, 4) is 5.75 Å². The molecule has 1 aliphatic heterocycles. The molecule has 1 fully saturated rings. The number of rotatable bonds is 6. The van der Waals surface area contributed by atoms with Gasteiger partial charge in [-0.1, -0.05) is 0 Å². The van der Waals surface area contributed by atoms with Crippen LogP contribution < -0.4 is 15.3 Å². The zero-order chi connectivity index (χ0) is 25.2. The lowest BCUT2D eigenvalue weighted by Crippen LogP contribution is -2.39. The quantitative estimate of drug-likeness (QED) is 0.262. The molecule has 1 atom stereocenters. The molecule has 11 nitrogen and oxygen atoms in total. The van der Waals surface area contributed by atoms with Gasteiger partial charge in [-0.3, -0.25) is 10.0 Å². The van der Waals surface area contributed by atoms with Crippen LogP contribution in [-0.2, 0) is 11.3 Å². The summed E-state index contributed by atoms with van der Waals surface area (Å²) < 4.78 is 21.0. The summed E-state index contributed by atoms with van der Waals surface area (Å²) in [6.45, 7) is 1.80. The zero-order valence-electron chi connectivity index (χ0n) is 19.1. The summed E-state index contributed by atoms with van der Waals surface area (Å²) in [5.41, 5.74) is 2.78. The van der Waals surface area contributed by atoms with Crippen LogP contribution in [0.2, 0.25) is 0 Å². The Morgan fingerprint density at radius 2 is 2.08 bits per heavy atom. The minimum atomic E-state index is -0.679. The summed E-state index contributed by atoms with van der Waals surface area (Å²) in [4.78, 5) is 33.8. The van der Waals surface area contributed by atoms with Gasteiger partial charge in [-0.05, 0) is 24.3 Å². The van der Waals surface area contributed by atoms with E-state index in [9.17, 15) is 14.3 Å². The Bertz CT molecular complexity index is 1400. The van der Waals surface area contributed by atoms with Crippen molar-refractivity contribution in [2.24, 2.45) is 0 Å². The van der Waals surface area contributed by atoms with Crippen LogP contribution in [0.4, 0.5) is 16.3 Å². The number of phenolic OH excluding ortho intramolecular Hbond substituents is 1. The Morgan fingerprint density at radius 1 is 1.28 bits per heavy atom. The smallest absolute Gasteiger partial charge is 0.277 e. The fraction of sp³-hybridized carbons (Fsp3) is 0.261. The molecule has 0 spiro atoms. The molecule has 4 heterocycles. The van der Waals surface area contributed by atoms with Crippen LogP contribution in [0.15, 0.2) is 42.9 Å². The number of ether oxygens (including phenoxy) is 1. The number of morpholine rings is 1. The second-order valence-corrected chi connectivity index (χ2v) is 9.38. The number of hydroxylamine groups is 1. The number of hydrogen-bond acceptors (Lipinski definition) is 11. The van der Waals surface area contributed by atoms with E-state index >= 15 is 0 Å². The van der Waals surface area contributed by atoms with Crippen LogP contribution >= 0.6 is 11.3 Å². The first-order chi connectivity index (χ1) is 17.4. The number of fused-ring (bicyclic) bond motifs is 1. The molecule has 3 N–H and O–H groups in total. The summed E-state index contributed by atoms with van der Waals surface area (Å²) >= 11 is 1.55. The predicted molar refractivity (Wildman–Crippen MR) is 130 cm³/mol. The maximum atomic E-state index is 14.3. The minimum absolute atomic E-state index is 0.0161. The van der Waals surface area contributed by atoms with Crippen molar-refractivity contribution in [2.75, 3.05) is 36.5 Å². The van der Waals surface area contributed by atoms with Gasteiger partial charge in [-0.25, -0.2) is 29.8 Å². The Morgan fingerprint density at radius 3 is 2.86 bits per heavy atom. The van der Waals surface area contributed by atoms with E-state index in [1.807, 2.05) is 22.9 Å². The number of phenols is 1. The van der Waals surface area contributed by atoms with E-state index in [0.717, 1.165) is 15.1 Å². The van der Waals surface area contributed by atoms with Crippen LogP contribution in [0.1, 0.15) is 26.9 Å². The van der Waals surface area contributed by atoms with E-state index in [1.54, 1.807) is 23.0 Å². The number of hydrogen-bond donors (Lipinski definition) is 3. The third kappa shape index (κ3) is 4.89. The Labute approximate surface area is 208 Å². The number of anilines is 2. The molecule has 1 unspecified atom stereocenters. The van der Waals surface area contributed by atoms with E-state index < -0.39 is 17.8 Å². The van der Waals surface area contributed by atoms with Crippen molar-refractivity contribution in [2.45, 2.75) is 12.6 Å². The van der Waals surface area contributed by atoms with Crippen LogP contribution in [0.5, 0.6) is 5.75 Å². The molecule has 186 valence electrons. The second kappa shape index (κ2) is 9.97. The highest BCUT2D eigenvalue weighted by atomic mass is 32.1. The van der Waals surface area contributed by atoms with Gasteiger partial charge in [0.15, 0.2) is 0 Å².